The molecule has 0 radical (unpaired) electrons. The van der Waals surface area contributed by atoms with Crippen LogP contribution >= 0.6 is 23.7 Å². The minimum Gasteiger partial charge on any atom is -0.347 e. The van der Waals surface area contributed by atoms with Gasteiger partial charge in [-0.15, -0.1) is 23.7 Å². The molecule has 0 amide bonds. The van der Waals surface area contributed by atoms with Gasteiger partial charge in [0.1, 0.15) is 10.7 Å². The Kier molecular flexibility index (Phi) is 4.52. The smallest absolute Gasteiger partial charge is 0.262 e. The molecule has 3 aromatic rings. The zero-order valence-electron chi connectivity index (χ0n) is 12.8. The van der Waals surface area contributed by atoms with Crippen LogP contribution in [0.2, 0.25) is 0 Å². The molecule has 23 heavy (non-hydrogen) atoms. The highest BCUT2D eigenvalue weighted by Gasteiger charge is 2.18. The Bertz CT molecular complexity index is 870. The number of aromatic amines is 1. The Hall–Kier alpha value is -1.70. The largest absolute Gasteiger partial charge is 0.347 e. The third-order valence-corrected chi connectivity index (χ3v) is 5.04. The number of H-pyrrole nitrogens is 1. The average Bonchev–Trinajstić information content (AvgIpc) is 3.07. The van der Waals surface area contributed by atoms with E-state index >= 15 is 0 Å². The summed E-state index contributed by atoms with van der Waals surface area (Å²) in [7, 11) is 0. The quantitative estimate of drug-likeness (QED) is 0.766. The second-order valence-electron chi connectivity index (χ2n) is 5.66. The Labute approximate surface area is 143 Å². The van der Waals surface area contributed by atoms with Gasteiger partial charge in [0.2, 0.25) is 0 Å². The lowest BCUT2D eigenvalue weighted by Crippen LogP contribution is -2.28. The fourth-order valence-corrected chi connectivity index (χ4v) is 3.87. The van der Waals surface area contributed by atoms with Gasteiger partial charge in [0, 0.05) is 49.4 Å². The summed E-state index contributed by atoms with van der Waals surface area (Å²) in [5, 5.41) is 0.758. The van der Waals surface area contributed by atoms with Gasteiger partial charge in [0.15, 0.2) is 0 Å². The molecule has 1 aliphatic heterocycles. The summed E-state index contributed by atoms with van der Waals surface area (Å²) in [5.74, 6) is 0.909. The number of halogens is 1. The van der Waals surface area contributed by atoms with Crippen molar-refractivity contribution in [1.29, 1.82) is 0 Å². The first-order valence-electron chi connectivity index (χ1n) is 7.40. The number of imidazole rings is 1. The van der Waals surface area contributed by atoms with Crippen molar-refractivity contribution in [2.75, 3.05) is 13.1 Å². The lowest BCUT2D eigenvalue weighted by Gasteiger charge is -2.17. The Morgan fingerprint density at radius 1 is 1.35 bits per heavy atom. The van der Waals surface area contributed by atoms with Gasteiger partial charge in [0.25, 0.3) is 5.56 Å². The van der Waals surface area contributed by atoms with Crippen LogP contribution in [0.4, 0.5) is 0 Å². The van der Waals surface area contributed by atoms with E-state index in [2.05, 4.69) is 14.9 Å². The maximum Gasteiger partial charge on any atom is 0.262 e. The van der Waals surface area contributed by atoms with E-state index in [1.54, 1.807) is 17.7 Å². The van der Waals surface area contributed by atoms with Crippen LogP contribution < -0.4 is 5.56 Å². The zero-order valence-corrected chi connectivity index (χ0v) is 14.4. The number of fused-ring (bicyclic) bond motifs is 2. The molecule has 122 valence electrons. The van der Waals surface area contributed by atoms with E-state index in [4.69, 9.17) is 4.98 Å². The minimum atomic E-state index is 0. The highest BCUT2D eigenvalue weighted by molar-refractivity contribution is 7.18. The SMILES string of the molecule is Cc1cc2c(=O)n3c(nc2s1)CCN(Cc1cnc[nH]1)CC3.Cl. The van der Waals surface area contributed by atoms with Crippen LogP contribution in [0, 0.1) is 6.92 Å². The number of hydrogen-bond acceptors (Lipinski definition) is 5. The molecule has 0 spiro atoms. The normalized spacial score (nSPS) is 15.2. The van der Waals surface area contributed by atoms with Crippen LogP contribution in [0.3, 0.4) is 0 Å². The molecule has 4 heterocycles. The summed E-state index contributed by atoms with van der Waals surface area (Å²) >= 11 is 1.60. The third-order valence-electron chi connectivity index (χ3n) is 4.09. The topological polar surface area (TPSA) is 66.8 Å². The van der Waals surface area contributed by atoms with E-state index in [1.807, 2.05) is 23.8 Å². The van der Waals surface area contributed by atoms with Gasteiger partial charge in [-0.2, -0.15) is 0 Å². The third kappa shape index (κ3) is 3.04. The van der Waals surface area contributed by atoms with Gasteiger partial charge in [-0.3, -0.25) is 14.3 Å². The van der Waals surface area contributed by atoms with E-state index in [0.29, 0.717) is 6.54 Å². The van der Waals surface area contributed by atoms with E-state index in [0.717, 1.165) is 52.7 Å². The maximum absolute atomic E-state index is 12.7. The molecule has 0 bridgehead atoms. The molecule has 4 rings (SSSR count). The highest BCUT2D eigenvalue weighted by atomic mass is 35.5. The summed E-state index contributed by atoms with van der Waals surface area (Å²) in [4.78, 5) is 28.9. The predicted molar refractivity (Wildman–Crippen MR) is 93.4 cm³/mol. The summed E-state index contributed by atoms with van der Waals surface area (Å²) in [6.45, 7) is 5.30. The van der Waals surface area contributed by atoms with Crippen molar-refractivity contribution < 1.29 is 0 Å². The monoisotopic (exact) mass is 351 g/mol. The molecule has 0 atom stereocenters. The van der Waals surface area contributed by atoms with Crippen molar-refractivity contribution in [2.24, 2.45) is 0 Å². The first-order valence-corrected chi connectivity index (χ1v) is 8.22. The second kappa shape index (κ2) is 6.43. The van der Waals surface area contributed by atoms with Crippen LogP contribution in [-0.4, -0.2) is 37.5 Å². The number of thiophene rings is 1. The van der Waals surface area contributed by atoms with Gasteiger partial charge in [-0.05, 0) is 13.0 Å². The summed E-state index contributed by atoms with van der Waals surface area (Å²) in [6, 6.07) is 1.95. The first kappa shape index (κ1) is 16.2. The molecule has 6 nitrogen and oxygen atoms in total. The number of rotatable bonds is 2. The molecule has 0 unspecified atom stereocenters. The van der Waals surface area contributed by atoms with Gasteiger partial charge in [0.05, 0.1) is 11.7 Å². The number of aryl methyl sites for hydroxylation is 1. The summed E-state index contributed by atoms with van der Waals surface area (Å²) < 4.78 is 1.85. The Morgan fingerprint density at radius 3 is 3.00 bits per heavy atom. The van der Waals surface area contributed by atoms with Crippen molar-refractivity contribution in [1.82, 2.24) is 24.4 Å². The number of nitrogens with zero attached hydrogens (tertiary/aromatic N) is 4. The molecule has 3 aromatic heterocycles. The lowest BCUT2D eigenvalue weighted by atomic mass is 10.3. The summed E-state index contributed by atoms with van der Waals surface area (Å²) in [5.41, 5.74) is 1.20. The van der Waals surface area contributed by atoms with Gasteiger partial charge < -0.3 is 4.98 Å². The van der Waals surface area contributed by atoms with E-state index < -0.39 is 0 Å². The fourth-order valence-electron chi connectivity index (χ4n) is 2.98. The number of aromatic nitrogens is 4. The molecule has 0 fully saturated rings. The minimum absolute atomic E-state index is 0. The molecular formula is C15H18ClN5OS. The molecule has 0 aromatic carbocycles. The predicted octanol–water partition coefficient (Wildman–Crippen LogP) is 1.97. The number of nitrogens with one attached hydrogen (secondary N) is 1. The second-order valence-corrected chi connectivity index (χ2v) is 6.90. The Balaban J connectivity index is 0.00000156. The van der Waals surface area contributed by atoms with Crippen molar-refractivity contribution in [3.8, 4) is 0 Å². The highest BCUT2D eigenvalue weighted by Crippen LogP contribution is 2.21. The molecule has 1 N–H and O–H groups in total. The van der Waals surface area contributed by atoms with Crippen molar-refractivity contribution in [2.45, 2.75) is 26.4 Å². The van der Waals surface area contributed by atoms with Crippen LogP contribution in [-0.2, 0) is 19.5 Å². The first-order chi connectivity index (χ1) is 10.7. The Morgan fingerprint density at radius 2 is 2.22 bits per heavy atom. The molecule has 0 saturated carbocycles. The van der Waals surface area contributed by atoms with Crippen LogP contribution in [0.15, 0.2) is 23.4 Å². The van der Waals surface area contributed by atoms with E-state index in [1.165, 1.54) is 0 Å². The fraction of sp³-hybridized carbons (Fsp3) is 0.400. The van der Waals surface area contributed by atoms with Gasteiger partial charge >= 0.3 is 0 Å². The van der Waals surface area contributed by atoms with Gasteiger partial charge in [-0.25, -0.2) is 9.97 Å². The molecule has 1 aliphatic rings. The molecular weight excluding hydrogens is 334 g/mol. The number of hydrogen-bond donors (Lipinski definition) is 1. The van der Waals surface area contributed by atoms with Crippen molar-refractivity contribution in [3.05, 3.63) is 45.3 Å². The average molecular weight is 352 g/mol. The van der Waals surface area contributed by atoms with Crippen molar-refractivity contribution in [3.63, 3.8) is 0 Å². The van der Waals surface area contributed by atoms with E-state index in [9.17, 15) is 4.79 Å². The molecule has 8 heteroatoms. The zero-order chi connectivity index (χ0) is 15.1. The maximum atomic E-state index is 12.7. The van der Waals surface area contributed by atoms with Crippen LogP contribution in [0.5, 0.6) is 0 Å². The van der Waals surface area contributed by atoms with Crippen LogP contribution in [0.25, 0.3) is 10.2 Å². The standard InChI is InChI=1S/C15H17N5OS.ClH/c1-10-6-12-14(22-10)18-13-2-3-19(4-5-20(13)15(12)21)8-11-7-16-9-17-11;/h6-7,9H,2-5,8H2,1H3,(H,16,17);1H. The van der Waals surface area contributed by atoms with E-state index in [-0.39, 0.29) is 18.0 Å². The molecule has 0 saturated heterocycles. The lowest BCUT2D eigenvalue weighted by molar-refractivity contribution is 0.268. The van der Waals surface area contributed by atoms with Crippen LogP contribution in [0.1, 0.15) is 16.4 Å². The van der Waals surface area contributed by atoms with Crippen molar-refractivity contribution >= 4 is 34.0 Å². The van der Waals surface area contributed by atoms with Gasteiger partial charge in [-0.1, -0.05) is 0 Å². The molecule has 0 aliphatic carbocycles. The summed E-state index contributed by atoms with van der Waals surface area (Å²) in [6.07, 6.45) is 4.35.